The van der Waals surface area contributed by atoms with Crippen molar-refractivity contribution in [1.82, 2.24) is 4.98 Å². The van der Waals surface area contributed by atoms with Crippen LogP contribution < -0.4 is 4.74 Å². The van der Waals surface area contributed by atoms with E-state index >= 15 is 0 Å². The number of fused-ring (bicyclic) bond motifs is 1. The van der Waals surface area contributed by atoms with Gasteiger partial charge in [-0.05, 0) is 42.8 Å². The van der Waals surface area contributed by atoms with Gasteiger partial charge in [0.15, 0.2) is 0 Å². The number of halogens is 1. The minimum Gasteiger partial charge on any atom is -0.489 e. The van der Waals surface area contributed by atoms with Crippen LogP contribution in [-0.4, -0.2) is 4.98 Å². The van der Waals surface area contributed by atoms with Gasteiger partial charge in [0.05, 0.1) is 0 Å². The largest absolute Gasteiger partial charge is 0.489 e. The van der Waals surface area contributed by atoms with Crippen molar-refractivity contribution in [2.24, 2.45) is 0 Å². The average Bonchev–Trinajstić information content (AvgIpc) is 2.80. The molecule has 0 saturated carbocycles. The van der Waals surface area contributed by atoms with Crippen LogP contribution in [0.25, 0.3) is 10.9 Å². The molecule has 2 nitrogen and oxygen atoms in total. The summed E-state index contributed by atoms with van der Waals surface area (Å²) in [7, 11) is 0. The molecule has 96 valence electrons. The third kappa shape index (κ3) is 2.59. The van der Waals surface area contributed by atoms with Gasteiger partial charge < -0.3 is 9.72 Å². The van der Waals surface area contributed by atoms with E-state index in [1.54, 1.807) is 0 Å². The lowest BCUT2D eigenvalue weighted by molar-refractivity contribution is 0.307. The van der Waals surface area contributed by atoms with Crippen LogP contribution in [0.4, 0.5) is 0 Å². The number of hydrogen-bond donors (Lipinski definition) is 1. The van der Waals surface area contributed by atoms with Gasteiger partial charge in [-0.2, -0.15) is 0 Å². The van der Waals surface area contributed by atoms with Gasteiger partial charge in [-0.25, -0.2) is 0 Å². The summed E-state index contributed by atoms with van der Waals surface area (Å²) in [5, 5.41) is 1.93. The van der Waals surface area contributed by atoms with E-state index in [4.69, 9.17) is 16.3 Å². The number of ether oxygens (including phenoxy) is 1. The predicted octanol–water partition coefficient (Wildman–Crippen LogP) is 4.71. The van der Waals surface area contributed by atoms with Gasteiger partial charge in [-0.1, -0.05) is 23.7 Å². The number of hydrogen-bond acceptors (Lipinski definition) is 1. The van der Waals surface area contributed by atoms with E-state index in [0.717, 1.165) is 21.9 Å². The van der Waals surface area contributed by atoms with Crippen molar-refractivity contribution < 1.29 is 4.74 Å². The van der Waals surface area contributed by atoms with E-state index < -0.39 is 0 Å². The van der Waals surface area contributed by atoms with Gasteiger partial charge in [-0.15, -0.1) is 0 Å². The molecular weight excluding hydrogens is 258 g/mol. The van der Waals surface area contributed by atoms with Crippen LogP contribution in [0, 0.1) is 6.92 Å². The molecule has 0 aliphatic rings. The SMILES string of the molecule is Cc1ccc2c(COc3ccc(Cl)cc3)c[nH]c2c1. The van der Waals surface area contributed by atoms with Crippen molar-refractivity contribution in [3.05, 3.63) is 64.8 Å². The summed E-state index contributed by atoms with van der Waals surface area (Å²) in [6, 6.07) is 13.8. The first kappa shape index (κ1) is 12.1. The molecule has 0 bridgehead atoms. The zero-order valence-corrected chi connectivity index (χ0v) is 11.4. The van der Waals surface area contributed by atoms with Crippen LogP contribution in [0.15, 0.2) is 48.7 Å². The van der Waals surface area contributed by atoms with Crippen LogP contribution in [0.1, 0.15) is 11.1 Å². The van der Waals surface area contributed by atoms with Gasteiger partial charge in [0.1, 0.15) is 12.4 Å². The molecule has 1 aromatic heterocycles. The van der Waals surface area contributed by atoms with Gasteiger partial charge >= 0.3 is 0 Å². The topological polar surface area (TPSA) is 25.0 Å². The van der Waals surface area contributed by atoms with Gasteiger partial charge in [0, 0.05) is 27.7 Å². The lowest BCUT2D eigenvalue weighted by Gasteiger charge is -2.05. The molecule has 0 spiro atoms. The molecule has 0 aliphatic heterocycles. The van der Waals surface area contributed by atoms with Crippen molar-refractivity contribution in [2.45, 2.75) is 13.5 Å². The minimum atomic E-state index is 0.546. The molecular formula is C16H14ClNO. The molecule has 0 unspecified atom stereocenters. The zero-order valence-electron chi connectivity index (χ0n) is 10.6. The third-order valence-electron chi connectivity index (χ3n) is 3.13. The Balaban J connectivity index is 1.80. The summed E-state index contributed by atoms with van der Waals surface area (Å²) in [6.45, 7) is 2.63. The Morgan fingerprint density at radius 3 is 2.68 bits per heavy atom. The Morgan fingerprint density at radius 2 is 1.89 bits per heavy atom. The number of nitrogens with one attached hydrogen (secondary N) is 1. The Bertz CT molecular complexity index is 700. The number of H-pyrrole nitrogens is 1. The molecule has 3 heteroatoms. The van der Waals surface area contributed by atoms with Crippen LogP contribution in [0.3, 0.4) is 0 Å². The lowest BCUT2D eigenvalue weighted by Crippen LogP contribution is -1.94. The third-order valence-corrected chi connectivity index (χ3v) is 3.38. The highest BCUT2D eigenvalue weighted by atomic mass is 35.5. The maximum absolute atomic E-state index is 5.84. The smallest absolute Gasteiger partial charge is 0.119 e. The quantitative estimate of drug-likeness (QED) is 0.733. The fourth-order valence-corrected chi connectivity index (χ4v) is 2.24. The van der Waals surface area contributed by atoms with Crippen molar-refractivity contribution in [1.29, 1.82) is 0 Å². The number of aromatic amines is 1. The Hall–Kier alpha value is -1.93. The van der Waals surface area contributed by atoms with Crippen molar-refractivity contribution in [3.63, 3.8) is 0 Å². The predicted molar refractivity (Wildman–Crippen MR) is 78.8 cm³/mol. The van der Waals surface area contributed by atoms with Gasteiger partial charge in [0.2, 0.25) is 0 Å². The highest BCUT2D eigenvalue weighted by molar-refractivity contribution is 6.30. The summed E-state index contributed by atoms with van der Waals surface area (Å²) in [5.74, 6) is 0.825. The number of aryl methyl sites for hydroxylation is 1. The summed E-state index contributed by atoms with van der Waals surface area (Å²) >= 11 is 5.84. The fraction of sp³-hybridized carbons (Fsp3) is 0.125. The maximum Gasteiger partial charge on any atom is 0.119 e. The monoisotopic (exact) mass is 271 g/mol. The van der Waals surface area contributed by atoms with E-state index in [0.29, 0.717) is 6.61 Å². The second-order valence-electron chi connectivity index (χ2n) is 4.61. The second kappa shape index (κ2) is 4.98. The van der Waals surface area contributed by atoms with E-state index in [9.17, 15) is 0 Å². The Kier molecular flexibility index (Phi) is 3.18. The molecule has 1 N–H and O–H groups in total. The molecule has 1 heterocycles. The lowest BCUT2D eigenvalue weighted by atomic mass is 10.1. The first-order valence-corrected chi connectivity index (χ1v) is 6.55. The zero-order chi connectivity index (χ0) is 13.2. The Labute approximate surface area is 117 Å². The minimum absolute atomic E-state index is 0.546. The highest BCUT2D eigenvalue weighted by Gasteiger charge is 2.04. The molecule has 2 aromatic carbocycles. The number of aromatic nitrogens is 1. The molecule has 0 fully saturated rings. The molecule has 0 saturated heterocycles. The number of benzene rings is 2. The van der Waals surface area contributed by atoms with Gasteiger partial charge in [0.25, 0.3) is 0 Å². The normalized spacial score (nSPS) is 10.8. The second-order valence-corrected chi connectivity index (χ2v) is 5.04. The first-order chi connectivity index (χ1) is 9.22. The summed E-state index contributed by atoms with van der Waals surface area (Å²) in [4.78, 5) is 3.27. The molecule has 3 rings (SSSR count). The van der Waals surface area contributed by atoms with Crippen molar-refractivity contribution >= 4 is 22.5 Å². The van der Waals surface area contributed by atoms with Crippen molar-refractivity contribution in [2.75, 3.05) is 0 Å². The van der Waals surface area contributed by atoms with Crippen LogP contribution in [0.5, 0.6) is 5.75 Å². The number of rotatable bonds is 3. The van der Waals surface area contributed by atoms with Crippen LogP contribution in [-0.2, 0) is 6.61 Å². The van der Waals surface area contributed by atoms with E-state index in [-0.39, 0.29) is 0 Å². The van der Waals surface area contributed by atoms with E-state index in [1.165, 1.54) is 10.9 Å². The summed E-state index contributed by atoms with van der Waals surface area (Å²) in [5.41, 5.74) is 3.55. The summed E-state index contributed by atoms with van der Waals surface area (Å²) in [6.07, 6.45) is 2.00. The summed E-state index contributed by atoms with van der Waals surface area (Å²) < 4.78 is 5.77. The first-order valence-electron chi connectivity index (χ1n) is 6.17. The van der Waals surface area contributed by atoms with E-state index in [1.807, 2.05) is 30.5 Å². The van der Waals surface area contributed by atoms with Crippen molar-refractivity contribution in [3.8, 4) is 5.75 Å². The van der Waals surface area contributed by atoms with Crippen LogP contribution in [0.2, 0.25) is 5.02 Å². The average molecular weight is 272 g/mol. The van der Waals surface area contributed by atoms with Gasteiger partial charge in [-0.3, -0.25) is 0 Å². The maximum atomic E-state index is 5.84. The molecule has 0 atom stereocenters. The standard InChI is InChI=1S/C16H14ClNO/c1-11-2-7-15-12(9-18-16(15)8-11)10-19-14-5-3-13(17)4-6-14/h2-9,18H,10H2,1H3. The molecule has 0 radical (unpaired) electrons. The molecule has 0 amide bonds. The molecule has 0 aliphatic carbocycles. The Morgan fingerprint density at radius 1 is 1.11 bits per heavy atom. The highest BCUT2D eigenvalue weighted by Crippen LogP contribution is 2.22. The fourth-order valence-electron chi connectivity index (χ4n) is 2.11. The molecule has 3 aromatic rings. The van der Waals surface area contributed by atoms with E-state index in [2.05, 4.69) is 30.1 Å². The van der Waals surface area contributed by atoms with Crippen LogP contribution >= 0.6 is 11.6 Å². The molecule has 19 heavy (non-hydrogen) atoms.